The molecule has 2 nitrogen and oxygen atoms in total. The number of carboxylic acids is 1. The largest absolute Gasteiger partial charge is 0.481 e. The molecule has 16 heavy (non-hydrogen) atoms. The predicted molar refractivity (Wildman–Crippen MR) is 61.2 cm³/mol. The number of rotatable bonds is 6. The highest BCUT2D eigenvalue weighted by Crippen LogP contribution is 2.28. The fourth-order valence-corrected chi connectivity index (χ4v) is 1.82. The van der Waals surface area contributed by atoms with Crippen LogP contribution < -0.4 is 0 Å². The molecule has 0 saturated heterocycles. The summed E-state index contributed by atoms with van der Waals surface area (Å²) in [6.07, 6.45) is -0.0919. The zero-order valence-electron chi connectivity index (χ0n) is 9.40. The Hall–Kier alpha value is -1.38. The molecule has 0 fully saturated rings. The zero-order valence-corrected chi connectivity index (χ0v) is 9.40. The highest BCUT2D eigenvalue weighted by atomic mass is 19.1. The number of aliphatic carboxylic acids is 1. The van der Waals surface area contributed by atoms with Gasteiger partial charge in [-0.15, -0.1) is 0 Å². The molecule has 0 saturated carbocycles. The average molecular weight is 224 g/mol. The molecule has 2 atom stereocenters. The Kier molecular flexibility index (Phi) is 4.96. The van der Waals surface area contributed by atoms with Crippen molar-refractivity contribution in [1.29, 1.82) is 0 Å². The lowest BCUT2D eigenvalue weighted by molar-refractivity contribution is -0.137. The molecule has 2 unspecified atom stereocenters. The fraction of sp³-hybridized carbons (Fsp3) is 0.462. The number of alkyl halides is 1. The first-order valence-corrected chi connectivity index (χ1v) is 5.56. The molecule has 88 valence electrons. The van der Waals surface area contributed by atoms with Gasteiger partial charge in [0.15, 0.2) is 0 Å². The smallest absolute Gasteiger partial charge is 0.304 e. The molecule has 0 heterocycles. The van der Waals surface area contributed by atoms with Gasteiger partial charge >= 0.3 is 5.97 Å². The Morgan fingerprint density at radius 1 is 1.38 bits per heavy atom. The van der Waals surface area contributed by atoms with Crippen molar-refractivity contribution in [2.24, 2.45) is 0 Å². The maximum atomic E-state index is 13.9. The lowest BCUT2D eigenvalue weighted by atomic mass is 9.89. The maximum absolute atomic E-state index is 13.9. The van der Waals surface area contributed by atoms with Crippen molar-refractivity contribution in [3.05, 3.63) is 35.9 Å². The van der Waals surface area contributed by atoms with E-state index >= 15 is 0 Å². The summed E-state index contributed by atoms with van der Waals surface area (Å²) in [5, 5.41) is 8.80. The summed E-state index contributed by atoms with van der Waals surface area (Å²) in [5.74, 6) is -1.48. The van der Waals surface area contributed by atoms with Gasteiger partial charge in [0.2, 0.25) is 0 Å². The molecule has 1 aromatic carbocycles. The van der Waals surface area contributed by atoms with Crippen LogP contribution in [0.25, 0.3) is 0 Å². The van der Waals surface area contributed by atoms with Gasteiger partial charge in [-0.1, -0.05) is 43.7 Å². The second-order valence-electron chi connectivity index (χ2n) is 3.92. The molecule has 1 N–H and O–H groups in total. The third kappa shape index (κ3) is 3.65. The third-order valence-electron chi connectivity index (χ3n) is 2.62. The van der Waals surface area contributed by atoms with Gasteiger partial charge in [0.25, 0.3) is 0 Å². The van der Waals surface area contributed by atoms with Crippen LogP contribution in [0.3, 0.4) is 0 Å². The van der Waals surface area contributed by atoms with Crippen LogP contribution in [0.5, 0.6) is 0 Å². The summed E-state index contributed by atoms with van der Waals surface area (Å²) in [6.45, 7) is 1.90. The maximum Gasteiger partial charge on any atom is 0.304 e. The van der Waals surface area contributed by atoms with Crippen LogP contribution in [0.2, 0.25) is 0 Å². The topological polar surface area (TPSA) is 37.3 Å². The number of carbonyl (C=O) groups is 1. The highest BCUT2D eigenvalue weighted by Gasteiger charge is 2.24. The Morgan fingerprint density at radius 3 is 2.50 bits per heavy atom. The fourth-order valence-electron chi connectivity index (χ4n) is 1.82. The summed E-state index contributed by atoms with van der Waals surface area (Å²) < 4.78 is 13.9. The van der Waals surface area contributed by atoms with Gasteiger partial charge in [-0.3, -0.25) is 4.79 Å². The van der Waals surface area contributed by atoms with Crippen LogP contribution in [0, 0.1) is 0 Å². The quantitative estimate of drug-likeness (QED) is 0.804. The number of hydrogen-bond donors (Lipinski definition) is 1. The SMILES string of the molecule is CCCC(F)C(CC(=O)O)c1ccccc1. The minimum absolute atomic E-state index is 0.148. The van der Waals surface area contributed by atoms with E-state index < -0.39 is 18.1 Å². The van der Waals surface area contributed by atoms with Crippen LogP contribution in [0.1, 0.15) is 37.7 Å². The first kappa shape index (κ1) is 12.7. The molecule has 0 aromatic heterocycles. The van der Waals surface area contributed by atoms with Crippen molar-refractivity contribution in [2.75, 3.05) is 0 Å². The molecular weight excluding hydrogens is 207 g/mol. The van der Waals surface area contributed by atoms with E-state index in [2.05, 4.69) is 0 Å². The Labute approximate surface area is 95.1 Å². The number of halogens is 1. The van der Waals surface area contributed by atoms with Gasteiger partial charge < -0.3 is 5.11 Å². The molecular formula is C13H17FO2. The third-order valence-corrected chi connectivity index (χ3v) is 2.62. The molecule has 0 amide bonds. The normalized spacial score (nSPS) is 14.4. The van der Waals surface area contributed by atoms with Crippen molar-refractivity contribution in [3.63, 3.8) is 0 Å². The van der Waals surface area contributed by atoms with Gasteiger partial charge in [-0.25, -0.2) is 4.39 Å². The monoisotopic (exact) mass is 224 g/mol. The van der Waals surface area contributed by atoms with Gasteiger partial charge in [0, 0.05) is 5.92 Å². The van der Waals surface area contributed by atoms with Crippen molar-refractivity contribution >= 4 is 5.97 Å². The first-order chi connectivity index (χ1) is 7.65. The number of benzene rings is 1. The lowest BCUT2D eigenvalue weighted by Gasteiger charge is -2.19. The molecule has 0 radical (unpaired) electrons. The Morgan fingerprint density at radius 2 is 2.00 bits per heavy atom. The van der Waals surface area contributed by atoms with E-state index in [1.165, 1.54) is 0 Å². The molecule has 0 bridgehead atoms. The predicted octanol–water partition coefficient (Wildman–Crippen LogP) is 3.38. The summed E-state index contributed by atoms with van der Waals surface area (Å²) >= 11 is 0. The highest BCUT2D eigenvalue weighted by molar-refractivity contribution is 5.68. The van der Waals surface area contributed by atoms with E-state index in [1.807, 2.05) is 25.1 Å². The molecule has 0 aliphatic rings. The Balaban J connectivity index is 2.82. The van der Waals surface area contributed by atoms with Crippen molar-refractivity contribution < 1.29 is 14.3 Å². The van der Waals surface area contributed by atoms with Gasteiger partial charge in [0.1, 0.15) is 6.17 Å². The number of carboxylic acid groups (broad SMARTS) is 1. The lowest BCUT2D eigenvalue weighted by Crippen LogP contribution is -2.17. The van der Waals surface area contributed by atoms with E-state index in [-0.39, 0.29) is 6.42 Å². The van der Waals surface area contributed by atoms with Gasteiger partial charge in [-0.2, -0.15) is 0 Å². The molecule has 0 aliphatic heterocycles. The van der Waals surface area contributed by atoms with Crippen LogP contribution >= 0.6 is 0 Å². The Bertz CT molecular complexity index is 324. The second-order valence-corrected chi connectivity index (χ2v) is 3.92. The van der Waals surface area contributed by atoms with E-state index in [9.17, 15) is 9.18 Å². The summed E-state index contributed by atoms with van der Waals surface area (Å²) in [5.41, 5.74) is 0.769. The number of hydrogen-bond acceptors (Lipinski definition) is 1. The minimum atomic E-state index is -1.08. The summed E-state index contributed by atoms with van der Waals surface area (Å²) in [6, 6.07) is 9.03. The van der Waals surface area contributed by atoms with Crippen molar-refractivity contribution in [1.82, 2.24) is 0 Å². The molecule has 0 spiro atoms. The molecule has 1 rings (SSSR count). The van der Waals surface area contributed by atoms with E-state index in [1.54, 1.807) is 12.1 Å². The van der Waals surface area contributed by atoms with E-state index in [4.69, 9.17) is 5.11 Å². The van der Waals surface area contributed by atoms with E-state index in [0.29, 0.717) is 6.42 Å². The van der Waals surface area contributed by atoms with Crippen LogP contribution in [0.15, 0.2) is 30.3 Å². The molecule has 0 aliphatic carbocycles. The van der Waals surface area contributed by atoms with Crippen molar-refractivity contribution in [2.45, 2.75) is 38.3 Å². The van der Waals surface area contributed by atoms with Gasteiger partial charge in [0.05, 0.1) is 6.42 Å². The van der Waals surface area contributed by atoms with Crippen LogP contribution in [0.4, 0.5) is 4.39 Å². The second kappa shape index (κ2) is 6.26. The van der Waals surface area contributed by atoms with Gasteiger partial charge in [-0.05, 0) is 12.0 Å². The molecule has 1 aromatic rings. The van der Waals surface area contributed by atoms with Crippen LogP contribution in [-0.4, -0.2) is 17.2 Å². The standard InChI is InChI=1S/C13H17FO2/c1-2-6-12(14)11(9-13(15)16)10-7-4-3-5-8-10/h3-5,7-8,11-12H,2,6,9H2,1H3,(H,15,16). The first-order valence-electron chi connectivity index (χ1n) is 5.56. The minimum Gasteiger partial charge on any atom is -0.481 e. The summed E-state index contributed by atoms with van der Waals surface area (Å²) in [7, 11) is 0. The van der Waals surface area contributed by atoms with Crippen LogP contribution in [-0.2, 0) is 4.79 Å². The molecule has 3 heteroatoms. The van der Waals surface area contributed by atoms with Crippen molar-refractivity contribution in [3.8, 4) is 0 Å². The zero-order chi connectivity index (χ0) is 12.0. The van der Waals surface area contributed by atoms with E-state index in [0.717, 1.165) is 12.0 Å². The summed E-state index contributed by atoms with van der Waals surface area (Å²) in [4.78, 5) is 10.7. The average Bonchev–Trinajstić information content (AvgIpc) is 2.27.